The van der Waals surface area contributed by atoms with Crippen LogP contribution >= 0.6 is 11.8 Å². The molecule has 110 valence electrons. The van der Waals surface area contributed by atoms with Crippen LogP contribution in [0.15, 0.2) is 5.16 Å². The van der Waals surface area contributed by atoms with Crippen LogP contribution in [0.5, 0.6) is 0 Å². The Morgan fingerprint density at radius 1 is 1.30 bits per heavy atom. The SMILES string of the molecule is Cn1nnnc1SCC(=O)N1CC[C@H]2CCCC[C@@H]2C1. The Labute approximate surface area is 123 Å². The Morgan fingerprint density at radius 2 is 2.10 bits per heavy atom. The van der Waals surface area contributed by atoms with E-state index in [1.54, 1.807) is 11.7 Å². The van der Waals surface area contributed by atoms with Gasteiger partial charge in [0.1, 0.15) is 0 Å². The average molecular weight is 295 g/mol. The normalized spacial score (nSPS) is 26.4. The topological polar surface area (TPSA) is 63.9 Å². The lowest BCUT2D eigenvalue weighted by Gasteiger charge is -2.41. The van der Waals surface area contributed by atoms with Gasteiger partial charge in [-0.2, -0.15) is 0 Å². The molecule has 2 atom stereocenters. The average Bonchev–Trinajstić information content (AvgIpc) is 2.89. The van der Waals surface area contributed by atoms with Gasteiger partial charge in [0.2, 0.25) is 11.1 Å². The molecule has 7 heteroatoms. The van der Waals surface area contributed by atoms with Crippen LogP contribution in [-0.2, 0) is 11.8 Å². The summed E-state index contributed by atoms with van der Waals surface area (Å²) in [5.74, 6) is 2.26. The van der Waals surface area contributed by atoms with Gasteiger partial charge in [0.05, 0.1) is 5.75 Å². The van der Waals surface area contributed by atoms with Crippen molar-refractivity contribution in [2.45, 2.75) is 37.3 Å². The summed E-state index contributed by atoms with van der Waals surface area (Å²) in [4.78, 5) is 14.4. The zero-order valence-electron chi connectivity index (χ0n) is 11.9. The van der Waals surface area contributed by atoms with E-state index in [1.807, 2.05) is 4.90 Å². The first-order valence-electron chi connectivity index (χ1n) is 7.37. The number of piperidine rings is 1. The number of carbonyl (C=O) groups excluding carboxylic acids is 1. The fourth-order valence-electron chi connectivity index (χ4n) is 3.39. The highest BCUT2D eigenvalue weighted by Gasteiger charge is 2.32. The lowest BCUT2D eigenvalue weighted by Crippen LogP contribution is -2.45. The standard InChI is InChI=1S/C13H21N5OS/c1-17-13(14-15-16-17)20-9-12(19)18-7-6-10-4-2-3-5-11(10)8-18/h10-11H,2-9H2,1H3/t10-,11-/m1/s1. The van der Waals surface area contributed by atoms with Gasteiger partial charge in [-0.1, -0.05) is 31.0 Å². The molecule has 20 heavy (non-hydrogen) atoms. The van der Waals surface area contributed by atoms with Crippen LogP contribution in [0.1, 0.15) is 32.1 Å². The van der Waals surface area contributed by atoms with Crippen LogP contribution in [-0.4, -0.2) is 49.9 Å². The van der Waals surface area contributed by atoms with Gasteiger partial charge >= 0.3 is 0 Å². The van der Waals surface area contributed by atoms with Crippen molar-refractivity contribution in [1.82, 2.24) is 25.1 Å². The number of hydrogen-bond acceptors (Lipinski definition) is 5. The van der Waals surface area contributed by atoms with E-state index in [0.29, 0.717) is 10.9 Å². The molecule has 0 aromatic carbocycles. The zero-order chi connectivity index (χ0) is 13.9. The number of aryl methyl sites for hydroxylation is 1. The van der Waals surface area contributed by atoms with Crippen molar-refractivity contribution in [3.8, 4) is 0 Å². The van der Waals surface area contributed by atoms with Crippen LogP contribution in [0.25, 0.3) is 0 Å². The summed E-state index contributed by atoms with van der Waals surface area (Å²) in [7, 11) is 1.79. The van der Waals surface area contributed by atoms with Crippen molar-refractivity contribution in [2.24, 2.45) is 18.9 Å². The van der Waals surface area contributed by atoms with Gasteiger partial charge in [0.15, 0.2) is 0 Å². The molecule has 1 saturated heterocycles. The molecule has 2 aliphatic rings. The molecule has 2 heterocycles. The van der Waals surface area contributed by atoms with Gasteiger partial charge in [0, 0.05) is 20.1 Å². The van der Waals surface area contributed by atoms with Crippen LogP contribution in [0.3, 0.4) is 0 Å². The van der Waals surface area contributed by atoms with Gasteiger partial charge < -0.3 is 4.90 Å². The molecule has 1 saturated carbocycles. The number of aromatic nitrogens is 4. The molecular weight excluding hydrogens is 274 g/mol. The first-order chi connectivity index (χ1) is 9.74. The molecule has 0 bridgehead atoms. The van der Waals surface area contributed by atoms with Crippen molar-refractivity contribution >= 4 is 17.7 Å². The first-order valence-corrected chi connectivity index (χ1v) is 8.35. The zero-order valence-corrected chi connectivity index (χ0v) is 12.7. The van der Waals surface area contributed by atoms with E-state index >= 15 is 0 Å². The summed E-state index contributed by atoms with van der Waals surface area (Å²) >= 11 is 1.42. The molecule has 1 amide bonds. The van der Waals surface area contributed by atoms with Gasteiger partial charge in [-0.05, 0) is 35.1 Å². The second-order valence-corrected chi connectivity index (χ2v) is 6.75. The van der Waals surface area contributed by atoms with Gasteiger partial charge in [-0.25, -0.2) is 4.68 Å². The number of likely N-dealkylation sites (tertiary alicyclic amines) is 1. The molecule has 1 aliphatic heterocycles. The van der Waals surface area contributed by atoms with Crippen molar-refractivity contribution in [3.05, 3.63) is 0 Å². The van der Waals surface area contributed by atoms with Gasteiger partial charge in [-0.3, -0.25) is 4.79 Å². The van der Waals surface area contributed by atoms with Crippen LogP contribution in [0.2, 0.25) is 0 Å². The lowest BCUT2D eigenvalue weighted by molar-refractivity contribution is -0.131. The second-order valence-electron chi connectivity index (χ2n) is 5.81. The first kappa shape index (κ1) is 13.9. The third-order valence-electron chi connectivity index (χ3n) is 4.55. The molecule has 1 aliphatic carbocycles. The Bertz CT molecular complexity index is 477. The van der Waals surface area contributed by atoms with E-state index in [-0.39, 0.29) is 5.91 Å². The predicted octanol–water partition coefficient (Wildman–Crippen LogP) is 1.34. The molecule has 0 radical (unpaired) electrons. The number of thioether (sulfide) groups is 1. The Hall–Kier alpha value is -1.11. The molecule has 0 unspecified atom stereocenters. The van der Waals surface area contributed by atoms with Crippen molar-refractivity contribution in [3.63, 3.8) is 0 Å². The quantitative estimate of drug-likeness (QED) is 0.787. The minimum Gasteiger partial charge on any atom is -0.342 e. The fraction of sp³-hybridized carbons (Fsp3) is 0.846. The molecule has 1 aromatic heterocycles. The molecule has 6 nitrogen and oxygen atoms in total. The summed E-state index contributed by atoms with van der Waals surface area (Å²) < 4.78 is 1.60. The fourth-order valence-corrected chi connectivity index (χ4v) is 4.14. The maximum absolute atomic E-state index is 12.3. The van der Waals surface area contributed by atoms with Crippen LogP contribution < -0.4 is 0 Å². The van der Waals surface area contributed by atoms with Crippen molar-refractivity contribution < 1.29 is 4.79 Å². The largest absolute Gasteiger partial charge is 0.342 e. The van der Waals surface area contributed by atoms with Gasteiger partial charge in [0.25, 0.3) is 0 Å². The summed E-state index contributed by atoms with van der Waals surface area (Å²) in [5.41, 5.74) is 0. The van der Waals surface area contributed by atoms with E-state index in [0.717, 1.165) is 24.9 Å². The number of nitrogens with zero attached hydrogens (tertiary/aromatic N) is 5. The van der Waals surface area contributed by atoms with E-state index in [1.165, 1.54) is 43.9 Å². The van der Waals surface area contributed by atoms with E-state index < -0.39 is 0 Å². The molecular formula is C13H21N5OS. The number of amides is 1. The number of hydrogen-bond donors (Lipinski definition) is 0. The Kier molecular flexibility index (Phi) is 4.24. The van der Waals surface area contributed by atoms with Crippen molar-refractivity contribution in [2.75, 3.05) is 18.8 Å². The maximum atomic E-state index is 12.3. The second kappa shape index (κ2) is 6.11. The maximum Gasteiger partial charge on any atom is 0.233 e. The minimum atomic E-state index is 0.224. The van der Waals surface area contributed by atoms with E-state index in [4.69, 9.17) is 0 Å². The molecule has 1 aromatic rings. The van der Waals surface area contributed by atoms with Crippen LogP contribution in [0.4, 0.5) is 0 Å². The molecule has 0 spiro atoms. The number of rotatable bonds is 3. The Morgan fingerprint density at radius 3 is 2.85 bits per heavy atom. The molecule has 2 fully saturated rings. The third-order valence-corrected chi connectivity index (χ3v) is 5.55. The number of carbonyl (C=O) groups is 1. The summed E-state index contributed by atoms with van der Waals surface area (Å²) in [6.07, 6.45) is 6.57. The molecule has 3 rings (SSSR count). The highest BCUT2D eigenvalue weighted by atomic mass is 32.2. The highest BCUT2D eigenvalue weighted by Crippen LogP contribution is 2.36. The van der Waals surface area contributed by atoms with E-state index in [2.05, 4.69) is 15.5 Å². The number of tetrazole rings is 1. The monoisotopic (exact) mass is 295 g/mol. The highest BCUT2D eigenvalue weighted by molar-refractivity contribution is 7.99. The third kappa shape index (κ3) is 2.97. The number of fused-ring (bicyclic) bond motifs is 1. The van der Waals surface area contributed by atoms with Crippen molar-refractivity contribution in [1.29, 1.82) is 0 Å². The van der Waals surface area contributed by atoms with E-state index in [9.17, 15) is 4.79 Å². The predicted molar refractivity (Wildman–Crippen MR) is 76.2 cm³/mol. The summed E-state index contributed by atoms with van der Waals surface area (Å²) in [5, 5.41) is 11.9. The smallest absolute Gasteiger partial charge is 0.233 e. The Balaban J connectivity index is 1.51. The molecule has 0 N–H and O–H groups in total. The van der Waals surface area contributed by atoms with Gasteiger partial charge in [-0.15, -0.1) is 5.10 Å². The van der Waals surface area contributed by atoms with Crippen LogP contribution in [0, 0.1) is 11.8 Å². The summed E-state index contributed by atoms with van der Waals surface area (Å²) in [6, 6.07) is 0. The lowest BCUT2D eigenvalue weighted by atomic mass is 9.75. The minimum absolute atomic E-state index is 0.224. The summed E-state index contributed by atoms with van der Waals surface area (Å²) in [6.45, 7) is 1.89.